The van der Waals surface area contributed by atoms with E-state index in [1.54, 1.807) is 0 Å². The van der Waals surface area contributed by atoms with E-state index in [-0.39, 0.29) is 0 Å². The molecule has 0 unspecified atom stereocenters. The molecule has 0 aromatic carbocycles. The van der Waals surface area contributed by atoms with Gasteiger partial charge in [-0.3, -0.25) is 9.78 Å². The lowest BCUT2D eigenvalue weighted by Gasteiger charge is -2.18. The molecule has 1 aromatic rings. The lowest BCUT2D eigenvalue weighted by Crippen LogP contribution is -2.18. The summed E-state index contributed by atoms with van der Waals surface area (Å²) in [6.45, 7) is 0. The fourth-order valence-electron chi connectivity index (χ4n) is 1.58. The number of nitrogens with zero attached hydrogens (tertiary/aromatic N) is 1. The number of rotatable bonds is 4. The average molecular weight is 304 g/mol. The fraction of sp³-hybridized carbons (Fsp3) is 0.400. The summed E-state index contributed by atoms with van der Waals surface area (Å²) in [5.41, 5.74) is -4.46. The van der Waals surface area contributed by atoms with Gasteiger partial charge in [0, 0.05) is 6.20 Å². The zero-order chi connectivity index (χ0) is 14.8. The summed E-state index contributed by atoms with van der Waals surface area (Å²) in [6.07, 6.45) is -9.00. The summed E-state index contributed by atoms with van der Waals surface area (Å²) in [5, 5.41) is 8.50. The molecule has 0 amide bonds. The predicted octanol–water partition coefficient (Wildman–Crippen LogP) is 3.40. The van der Waals surface area contributed by atoms with Crippen LogP contribution in [-0.2, 0) is 23.3 Å². The van der Waals surface area contributed by atoms with Crippen molar-refractivity contribution in [2.75, 3.05) is 0 Å². The van der Waals surface area contributed by atoms with Gasteiger partial charge in [0.25, 0.3) is 6.43 Å². The minimum absolute atomic E-state index is 0.612. The van der Waals surface area contributed by atoms with Gasteiger partial charge in [0.2, 0.25) is 0 Å². The van der Waals surface area contributed by atoms with Crippen molar-refractivity contribution in [2.45, 2.75) is 24.9 Å². The minimum Gasteiger partial charge on any atom is -0.481 e. The van der Waals surface area contributed by atoms with Crippen LogP contribution in [0.25, 0.3) is 0 Å². The van der Waals surface area contributed by atoms with E-state index in [1.807, 2.05) is 0 Å². The van der Waals surface area contributed by atoms with Crippen LogP contribution in [0.5, 0.6) is 0 Å². The molecular formula is C10H7ClF5NO2. The molecule has 0 fully saturated rings. The molecule has 0 aliphatic carbocycles. The molecule has 0 aliphatic rings. The number of carboxylic acid groups (broad SMARTS) is 1. The zero-order valence-electron chi connectivity index (χ0n) is 9.14. The first-order valence-corrected chi connectivity index (χ1v) is 5.35. The van der Waals surface area contributed by atoms with Crippen molar-refractivity contribution in [3.05, 3.63) is 28.6 Å². The molecular weight excluding hydrogens is 297 g/mol. The lowest BCUT2D eigenvalue weighted by molar-refractivity contribution is -0.141. The molecule has 106 valence electrons. The number of carboxylic acids is 1. The molecule has 0 radical (unpaired) electrons. The maximum Gasteiger partial charge on any atom is 0.417 e. The molecule has 3 nitrogen and oxygen atoms in total. The third-order valence-electron chi connectivity index (χ3n) is 2.25. The third kappa shape index (κ3) is 3.52. The minimum atomic E-state index is -5.11. The van der Waals surface area contributed by atoms with Crippen molar-refractivity contribution in [2.24, 2.45) is 0 Å². The normalized spacial score (nSPS) is 11.9. The maximum atomic E-state index is 12.8. The van der Waals surface area contributed by atoms with Crippen LogP contribution in [0.2, 0.25) is 0 Å². The van der Waals surface area contributed by atoms with Gasteiger partial charge >= 0.3 is 12.1 Å². The number of alkyl halides is 6. The highest BCUT2D eigenvalue weighted by Crippen LogP contribution is 2.40. The van der Waals surface area contributed by atoms with Crippen molar-refractivity contribution in [3.8, 4) is 0 Å². The molecule has 1 aromatic heterocycles. The zero-order valence-corrected chi connectivity index (χ0v) is 9.90. The SMILES string of the molecule is O=C(O)Cc1cnc(CCl)c(C(F)F)c1C(F)(F)F. The molecule has 1 rings (SSSR count). The Hall–Kier alpha value is -1.44. The largest absolute Gasteiger partial charge is 0.481 e. The Morgan fingerprint density at radius 1 is 1.42 bits per heavy atom. The van der Waals surface area contributed by atoms with Crippen LogP contribution in [0, 0.1) is 0 Å². The molecule has 1 heterocycles. The summed E-state index contributed by atoms with van der Waals surface area (Å²) in [7, 11) is 0. The molecule has 0 saturated carbocycles. The number of hydrogen-bond acceptors (Lipinski definition) is 2. The Labute approximate surface area is 109 Å². The second-order valence-electron chi connectivity index (χ2n) is 3.52. The molecule has 0 bridgehead atoms. The van der Waals surface area contributed by atoms with E-state index in [9.17, 15) is 26.7 Å². The van der Waals surface area contributed by atoms with Gasteiger partial charge in [-0.1, -0.05) is 0 Å². The number of carbonyl (C=O) groups is 1. The van der Waals surface area contributed by atoms with E-state index < -0.39 is 53.3 Å². The van der Waals surface area contributed by atoms with Crippen LogP contribution in [-0.4, -0.2) is 16.1 Å². The highest BCUT2D eigenvalue weighted by molar-refractivity contribution is 6.17. The highest BCUT2D eigenvalue weighted by Gasteiger charge is 2.40. The molecule has 0 aliphatic heterocycles. The average Bonchev–Trinajstić information content (AvgIpc) is 2.25. The monoisotopic (exact) mass is 303 g/mol. The third-order valence-corrected chi connectivity index (χ3v) is 2.50. The lowest BCUT2D eigenvalue weighted by atomic mass is 9.99. The first-order valence-electron chi connectivity index (χ1n) is 4.82. The van der Waals surface area contributed by atoms with Crippen LogP contribution >= 0.6 is 11.6 Å². The van der Waals surface area contributed by atoms with Gasteiger partial charge < -0.3 is 5.11 Å². The van der Waals surface area contributed by atoms with E-state index in [0.29, 0.717) is 6.20 Å². The van der Waals surface area contributed by atoms with Crippen molar-refractivity contribution in [1.82, 2.24) is 4.98 Å². The number of hydrogen-bond donors (Lipinski definition) is 1. The fourth-order valence-corrected chi connectivity index (χ4v) is 1.79. The Kier molecular flexibility index (Phi) is 4.67. The van der Waals surface area contributed by atoms with Crippen molar-refractivity contribution < 1.29 is 31.9 Å². The number of aromatic nitrogens is 1. The second-order valence-corrected chi connectivity index (χ2v) is 3.79. The van der Waals surface area contributed by atoms with Crippen LogP contribution in [0.15, 0.2) is 6.20 Å². The predicted molar refractivity (Wildman–Crippen MR) is 55.1 cm³/mol. The van der Waals surface area contributed by atoms with Gasteiger partial charge in [-0.05, 0) is 5.56 Å². The van der Waals surface area contributed by atoms with Crippen LogP contribution < -0.4 is 0 Å². The quantitative estimate of drug-likeness (QED) is 0.685. The van der Waals surface area contributed by atoms with Gasteiger partial charge in [0.15, 0.2) is 0 Å². The van der Waals surface area contributed by atoms with E-state index >= 15 is 0 Å². The topological polar surface area (TPSA) is 50.2 Å². The van der Waals surface area contributed by atoms with Gasteiger partial charge in [-0.15, -0.1) is 11.6 Å². The van der Waals surface area contributed by atoms with Gasteiger partial charge in [0.1, 0.15) is 0 Å². The maximum absolute atomic E-state index is 12.8. The van der Waals surface area contributed by atoms with E-state index in [0.717, 1.165) is 0 Å². The Morgan fingerprint density at radius 2 is 2.00 bits per heavy atom. The summed E-state index contributed by atoms with van der Waals surface area (Å²) >= 11 is 5.28. The standard InChI is InChI=1S/C10H7ClF5NO2/c11-2-5-7(9(12)13)8(10(14,15)16)4(3-17-5)1-6(18)19/h3,9H,1-2H2,(H,18,19). The van der Waals surface area contributed by atoms with Crippen LogP contribution in [0.4, 0.5) is 22.0 Å². The van der Waals surface area contributed by atoms with Crippen molar-refractivity contribution in [3.63, 3.8) is 0 Å². The number of halogens is 6. The summed E-state index contributed by atoms with van der Waals surface area (Å²) < 4.78 is 64.1. The molecule has 9 heteroatoms. The Bertz CT molecular complexity index is 490. The molecule has 1 N–H and O–H groups in total. The van der Waals surface area contributed by atoms with E-state index in [1.165, 1.54) is 0 Å². The summed E-state index contributed by atoms with van der Waals surface area (Å²) in [6, 6.07) is 0. The van der Waals surface area contributed by atoms with Gasteiger partial charge in [0.05, 0.1) is 29.1 Å². The van der Waals surface area contributed by atoms with Gasteiger partial charge in [-0.2, -0.15) is 13.2 Å². The highest BCUT2D eigenvalue weighted by atomic mass is 35.5. The second kappa shape index (κ2) is 5.68. The van der Waals surface area contributed by atoms with Crippen molar-refractivity contribution in [1.29, 1.82) is 0 Å². The van der Waals surface area contributed by atoms with Crippen LogP contribution in [0.1, 0.15) is 28.8 Å². The Balaban J connectivity index is 3.59. The molecule has 0 spiro atoms. The van der Waals surface area contributed by atoms with E-state index in [2.05, 4.69) is 4.98 Å². The molecule has 0 saturated heterocycles. The smallest absolute Gasteiger partial charge is 0.417 e. The molecule has 0 atom stereocenters. The number of aliphatic carboxylic acids is 1. The number of pyridine rings is 1. The summed E-state index contributed by atoms with van der Waals surface area (Å²) in [5.74, 6) is -2.21. The van der Waals surface area contributed by atoms with E-state index in [4.69, 9.17) is 16.7 Å². The summed E-state index contributed by atoms with van der Waals surface area (Å²) in [4.78, 5) is 13.8. The van der Waals surface area contributed by atoms with Gasteiger partial charge in [-0.25, -0.2) is 8.78 Å². The first-order chi connectivity index (χ1) is 8.68. The van der Waals surface area contributed by atoms with Crippen LogP contribution in [0.3, 0.4) is 0 Å². The Morgan fingerprint density at radius 3 is 2.37 bits per heavy atom. The van der Waals surface area contributed by atoms with Crippen molar-refractivity contribution >= 4 is 17.6 Å². The first kappa shape index (κ1) is 15.6. The molecule has 19 heavy (non-hydrogen) atoms.